The summed E-state index contributed by atoms with van der Waals surface area (Å²) in [5.74, 6) is 0.0654. The summed E-state index contributed by atoms with van der Waals surface area (Å²) in [6.45, 7) is 3.66. The van der Waals surface area contributed by atoms with E-state index in [2.05, 4.69) is 15.9 Å². The summed E-state index contributed by atoms with van der Waals surface area (Å²) in [5, 5.41) is 9.38. The molecule has 0 saturated heterocycles. The van der Waals surface area contributed by atoms with Crippen molar-refractivity contribution in [3.63, 3.8) is 0 Å². The topological polar surface area (TPSA) is 89.9 Å². The van der Waals surface area contributed by atoms with E-state index in [1.165, 1.54) is 14.2 Å². The van der Waals surface area contributed by atoms with Gasteiger partial charge in [0.05, 0.1) is 14.2 Å². The normalized spacial score (nSPS) is 9.68. The third kappa shape index (κ3) is 19.1. The molecule has 0 radical (unpaired) electrons. The van der Waals surface area contributed by atoms with Crippen LogP contribution in [-0.2, 0) is 23.9 Å². The second kappa shape index (κ2) is 25.2. The predicted molar refractivity (Wildman–Crippen MR) is 93.3 cm³/mol. The van der Waals surface area contributed by atoms with E-state index in [1.54, 1.807) is 0 Å². The second-order valence-corrected chi connectivity index (χ2v) is 3.91. The van der Waals surface area contributed by atoms with Crippen LogP contribution in [0.3, 0.4) is 0 Å². The molecule has 140 valence electrons. The standard InChI is InChI=1S/C8H12O3.C6H10O3.C2H.CH4.BrH.Mg/c1-4-6-8(10,5-2)7(9)11-3;1-3-4-5(7)6(8)9-2;1-2;;;/h2,10H,4,6H2,1,3H3;3-4H2,1-2H3;1H;1H4;1H;/q;;-1;;;+2/p-1. The molecule has 1 atom stereocenters. The van der Waals surface area contributed by atoms with Gasteiger partial charge in [-0.25, -0.2) is 9.59 Å². The molecule has 0 aromatic heterocycles. The first kappa shape index (κ1) is 39.1. The Hall–Kier alpha value is -1.06. The molecule has 0 aromatic carbocycles. The second-order valence-electron chi connectivity index (χ2n) is 3.91. The fraction of sp³-hybridized carbons (Fsp3) is 0.588. The molecule has 1 unspecified atom stereocenters. The molecular weight excluding hydrogens is 404 g/mol. The van der Waals surface area contributed by atoms with E-state index in [0.717, 1.165) is 0 Å². The molecule has 8 heteroatoms. The van der Waals surface area contributed by atoms with Crippen LogP contribution in [0.4, 0.5) is 0 Å². The Kier molecular flexibility index (Phi) is 39.4. The van der Waals surface area contributed by atoms with Crippen LogP contribution in [0, 0.1) is 25.2 Å². The summed E-state index contributed by atoms with van der Waals surface area (Å²) in [6.07, 6.45) is 15.8. The number of rotatable bonds is 6. The van der Waals surface area contributed by atoms with Crippen LogP contribution < -0.4 is 17.0 Å². The average Bonchev–Trinajstić information content (AvgIpc) is 2.55. The van der Waals surface area contributed by atoms with Gasteiger partial charge < -0.3 is 44.4 Å². The Morgan fingerprint density at radius 1 is 1.12 bits per heavy atom. The zero-order valence-electron chi connectivity index (χ0n) is 14.6. The summed E-state index contributed by atoms with van der Waals surface area (Å²) in [7, 11) is 2.40. The number of ketones is 1. The van der Waals surface area contributed by atoms with Crippen molar-refractivity contribution in [3.05, 3.63) is 6.42 Å². The fourth-order valence-electron chi connectivity index (χ4n) is 1.21. The van der Waals surface area contributed by atoms with E-state index in [4.69, 9.17) is 12.8 Å². The van der Waals surface area contributed by atoms with Gasteiger partial charge in [0.15, 0.2) is 0 Å². The number of Topliss-reactive ketones (excluding diaryl/α,β-unsaturated/α-hetero) is 1. The zero-order valence-corrected chi connectivity index (χ0v) is 17.6. The number of hydrogen-bond donors (Lipinski definition) is 1. The summed E-state index contributed by atoms with van der Waals surface area (Å²) < 4.78 is 8.50. The minimum Gasteiger partial charge on any atom is -1.00 e. The molecule has 6 nitrogen and oxygen atoms in total. The molecule has 1 N–H and O–H groups in total. The van der Waals surface area contributed by atoms with E-state index in [-0.39, 0.29) is 60.3 Å². The van der Waals surface area contributed by atoms with Gasteiger partial charge in [0.25, 0.3) is 0 Å². The SMILES string of the molecule is C.C#CC(O)(CCC)C(=O)OC.CCCC(=O)C(=O)OC.[Br-].[C-]#C.[Mg+2]. The van der Waals surface area contributed by atoms with E-state index >= 15 is 0 Å². The van der Waals surface area contributed by atoms with Crippen molar-refractivity contribution in [1.29, 1.82) is 0 Å². The Morgan fingerprint density at radius 3 is 1.80 bits per heavy atom. The van der Waals surface area contributed by atoms with E-state index in [0.29, 0.717) is 12.8 Å². The quantitative estimate of drug-likeness (QED) is 0.178. The number of carbonyl (C=O) groups excluding carboxylic acids is 3. The molecule has 0 rings (SSSR count). The van der Waals surface area contributed by atoms with Crippen molar-refractivity contribution >= 4 is 40.8 Å². The van der Waals surface area contributed by atoms with Crippen LogP contribution in [0.15, 0.2) is 0 Å². The van der Waals surface area contributed by atoms with Crippen molar-refractivity contribution in [3.8, 4) is 18.8 Å². The average molecular weight is 432 g/mol. The van der Waals surface area contributed by atoms with Gasteiger partial charge in [-0.1, -0.05) is 33.6 Å². The molecular formula is C17H27BrMgO6. The first-order valence-electron chi connectivity index (χ1n) is 6.51. The summed E-state index contributed by atoms with van der Waals surface area (Å²) in [4.78, 5) is 31.7. The molecule has 0 spiro atoms. The van der Waals surface area contributed by atoms with Gasteiger partial charge in [-0.15, -0.1) is 6.42 Å². The molecule has 0 bridgehead atoms. The maximum atomic E-state index is 10.8. The molecule has 0 aliphatic rings. The van der Waals surface area contributed by atoms with Gasteiger partial charge in [-0.3, -0.25) is 4.79 Å². The molecule has 0 aliphatic carbocycles. The molecule has 0 fully saturated rings. The van der Waals surface area contributed by atoms with Crippen molar-refractivity contribution in [2.45, 2.75) is 52.6 Å². The van der Waals surface area contributed by atoms with Gasteiger partial charge in [-0.2, -0.15) is 0 Å². The summed E-state index contributed by atoms with van der Waals surface area (Å²) >= 11 is 0. The van der Waals surface area contributed by atoms with Gasteiger partial charge >= 0.3 is 35.0 Å². The van der Waals surface area contributed by atoms with Crippen molar-refractivity contribution in [2.75, 3.05) is 14.2 Å². The van der Waals surface area contributed by atoms with E-state index in [9.17, 15) is 19.5 Å². The summed E-state index contributed by atoms with van der Waals surface area (Å²) in [5.41, 5.74) is -1.73. The monoisotopic (exact) mass is 430 g/mol. The van der Waals surface area contributed by atoms with Crippen LogP contribution in [-0.4, -0.2) is 65.7 Å². The number of terminal acetylenes is 2. The van der Waals surface area contributed by atoms with E-state index in [1.807, 2.05) is 19.8 Å². The molecule has 25 heavy (non-hydrogen) atoms. The molecule has 0 heterocycles. The van der Waals surface area contributed by atoms with Gasteiger partial charge in [0, 0.05) is 6.42 Å². The maximum Gasteiger partial charge on any atom is 2.00 e. The Labute approximate surface area is 178 Å². The van der Waals surface area contributed by atoms with Crippen LogP contribution in [0.5, 0.6) is 0 Å². The largest absolute Gasteiger partial charge is 2.00 e. The van der Waals surface area contributed by atoms with Gasteiger partial charge in [0.2, 0.25) is 11.4 Å². The number of carbonyl (C=O) groups is 3. The first-order chi connectivity index (χ1) is 10.3. The first-order valence-corrected chi connectivity index (χ1v) is 6.51. The fourth-order valence-corrected chi connectivity index (χ4v) is 1.21. The number of hydrogen-bond acceptors (Lipinski definition) is 6. The minimum atomic E-state index is -1.73. The predicted octanol–water partition coefficient (Wildman–Crippen LogP) is -1.68. The number of esters is 2. The number of ether oxygens (including phenoxy) is 2. The molecule has 0 aromatic rings. The van der Waals surface area contributed by atoms with Crippen LogP contribution >= 0.6 is 0 Å². The van der Waals surface area contributed by atoms with Crippen molar-refractivity contribution < 1.29 is 45.9 Å². The van der Waals surface area contributed by atoms with Crippen LogP contribution in [0.1, 0.15) is 47.0 Å². The van der Waals surface area contributed by atoms with Crippen molar-refractivity contribution in [2.24, 2.45) is 0 Å². The van der Waals surface area contributed by atoms with Crippen LogP contribution in [0.2, 0.25) is 0 Å². The number of aliphatic hydroxyl groups is 1. The van der Waals surface area contributed by atoms with Crippen molar-refractivity contribution in [1.82, 2.24) is 0 Å². The number of halogens is 1. The molecule has 0 saturated carbocycles. The van der Waals surface area contributed by atoms with Gasteiger partial charge in [0.1, 0.15) is 0 Å². The maximum absolute atomic E-state index is 10.8. The van der Waals surface area contributed by atoms with Crippen LogP contribution in [0.25, 0.3) is 0 Å². The third-order valence-electron chi connectivity index (χ3n) is 2.26. The molecule has 0 amide bonds. The Balaban J connectivity index is -0.0000000597. The third-order valence-corrected chi connectivity index (χ3v) is 2.26. The summed E-state index contributed by atoms with van der Waals surface area (Å²) in [6, 6.07) is 0. The van der Waals surface area contributed by atoms with E-state index < -0.39 is 23.3 Å². The zero-order chi connectivity index (χ0) is 18.2. The Bertz CT molecular complexity index is 417. The Morgan fingerprint density at radius 2 is 1.56 bits per heavy atom. The number of methoxy groups -OCH3 is 2. The van der Waals surface area contributed by atoms with Gasteiger partial charge in [-0.05, 0) is 12.8 Å². The minimum absolute atomic E-state index is 0. The smallest absolute Gasteiger partial charge is 1.00 e. The molecule has 0 aliphatic heterocycles.